The largest absolute Gasteiger partial charge is 0.357 e. The summed E-state index contributed by atoms with van der Waals surface area (Å²) in [6.45, 7) is 10.1. The number of halogens is 1. The zero-order chi connectivity index (χ0) is 18.2. The van der Waals surface area contributed by atoms with Crippen molar-refractivity contribution < 1.29 is 9.59 Å². The Balaban J connectivity index is 0.00000338. The Morgan fingerprint density at radius 1 is 1.23 bits per heavy atom. The second kappa shape index (κ2) is 11.3. The number of carbonyl (C=O) groups is 2. The molecule has 146 valence electrons. The highest BCUT2D eigenvalue weighted by molar-refractivity contribution is 14.0. The van der Waals surface area contributed by atoms with Crippen LogP contribution in [0.4, 0.5) is 0 Å². The maximum Gasteiger partial charge on any atom is 0.263 e. The van der Waals surface area contributed by atoms with E-state index >= 15 is 0 Å². The van der Waals surface area contributed by atoms with Gasteiger partial charge in [-0.3, -0.25) is 14.6 Å². The van der Waals surface area contributed by atoms with Crippen LogP contribution >= 0.6 is 35.3 Å². The van der Waals surface area contributed by atoms with Crippen molar-refractivity contribution in [2.75, 3.05) is 45.8 Å². The minimum Gasteiger partial charge on any atom is -0.357 e. The molecule has 1 saturated heterocycles. The minimum atomic E-state index is -0.102. The first kappa shape index (κ1) is 22.6. The summed E-state index contributed by atoms with van der Waals surface area (Å²) >= 11 is 1.34. The fourth-order valence-corrected chi connectivity index (χ4v) is 3.31. The van der Waals surface area contributed by atoms with Crippen LogP contribution in [0.2, 0.25) is 0 Å². The molecule has 1 aromatic rings. The van der Waals surface area contributed by atoms with Crippen molar-refractivity contribution in [3.63, 3.8) is 0 Å². The molecule has 2 N–H and O–H groups in total. The van der Waals surface area contributed by atoms with Crippen molar-refractivity contribution >= 4 is 53.1 Å². The predicted molar refractivity (Wildman–Crippen MR) is 114 cm³/mol. The van der Waals surface area contributed by atoms with Gasteiger partial charge in [0.15, 0.2) is 5.96 Å². The van der Waals surface area contributed by atoms with Gasteiger partial charge in [-0.2, -0.15) is 0 Å². The highest BCUT2D eigenvalue weighted by atomic mass is 127. The molecule has 0 atom stereocenters. The van der Waals surface area contributed by atoms with E-state index < -0.39 is 0 Å². The number of carbonyl (C=O) groups excluding carboxylic acids is 2. The maximum absolute atomic E-state index is 12.0. The van der Waals surface area contributed by atoms with E-state index in [1.54, 1.807) is 12.4 Å². The van der Waals surface area contributed by atoms with Crippen molar-refractivity contribution in [1.82, 2.24) is 25.4 Å². The van der Waals surface area contributed by atoms with Crippen molar-refractivity contribution in [1.29, 1.82) is 0 Å². The minimum absolute atomic E-state index is 0. The summed E-state index contributed by atoms with van der Waals surface area (Å²) in [5, 5.41) is 6.15. The van der Waals surface area contributed by atoms with Crippen molar-refractivity contribution in [3.05, 3.63) is 16.1 Å². The summed E-state index contributed by atoms with van der Waals surface area (Å²) in [6.07, 6.45) is 0. The molecule has 2 amide bonds. The predicted octanol–water partition coefficient (Wildman–Crippen LogP) is 0.929. The smallest absolute Gasteiger partial charge is 0.263 e. The Morgan fingerprint density at radius 3 is 2.42 bits per heavy atom. The van der Waals surface area contributed by atoms with Gasteiger partial charge in [0.2, 0.25) is 5.91 Å². The van der Waals surface area contributed by atoms with Gasteiger partial charge in [-0.25, -0.2) is 4.98 Å². The van der Waals surface area contributed by atoms with Gasteiger partial charge >= 0.3 is 0 Å². The van der Waals surface area contributed by atoms with Gasteiger partial charge in [0, 0.05) is 46.2 Å². The molecule has 0 spiro atoms. The molecule has 2 rings (SSSR count). The van der Waals surface area contributed by atoms with Crippen LogP contribution in [-0.2, 0) is 4.79 Å². The highest BCUT2D eigenvalue weighted by Gasteiger charge is 2.20. The third-order valence-corrected chi connectivity index (χ3v) is 4.90. The van der Waals surface area contributed by atoms with Crippen LogP contribution in [0.25, 0.3) is 0 Å². The lowest BCUT2D eigenvalue weighted by Crippen LogP contribution is -2.53. The van der Waals surface area contributed by atoms with E-state index in [1.807, 2.05) is 18.7 Å². The van der Waals surface area contributed by atoms with Crippen LogP contribution in [-0.4, -0.2) is 78.4 Å². The van der Waals surface area contributed by atoms with E-state index in [0.717, 1.165) is 31.3 Å². The number of aliphatic imine (C=N–C) groups is 1. The molecule has 1 aromatic heterocycles. The first-order valence-electron chi connectivity index (χ1n) is 8.50. The van der Waals surface area contributed by atoms with Crippen molar-refractivity contribution in [2.24, 2.45) is 4.99 Å². The third kappa shape index (κ3) is 6.38. The number of nitrogens with one attached hydrogen (secondary N) is 2. The second-order valence-corrected chi connectivity index (χ2v) is 6.61. The zero-order valence-electron chi connectivity index (χ0n) is 15.4. The van der Waals surface area contributed by atoms with Crippen LogP contribution in [0.5, 0.6) is 0 Å². The summed E-state index contributed by atoms with van der Waals surface area (Å²) in [5.74, 6) is 0.840. The Morgan fingerprint density at radius 2 is 1.88 bits per heavy atom. The normalized spacial score (nSPS) is 14.7. The third-order valence-electron chi connectivity index (χ3n) is 3.97. The molecule has 1 aliphatic rings. The average Bonchev–Trinajstić information content (AvgIpc) is 3.03. The summed E-state index contributed by atoms with van der Waals surface area (Å²) in [7, 11) is 0. The Kier molecular flexibility index (Phi) is 9.84. The van der Waals surface area contributed by atoms with E-state index in [4.69, 9.17) is 0 Å². The molecule has 2 heterocycles. The quantitative estimate of drug-likeness (QED) is 0.275. The van der Waals surface area contributed by atoms with Gasteiger partial charge in [0.1, 0.15) is 4.88 Å². The Hall–Kier alpha value is -1.43. The summed E-state index contributed by atoms with van der Waals surface area (Å²) < 4.78 is 0. The maximum atomic E-state index is 12.0. The van der Waals surface area contributed by atoms with Crippen LogP contribution in [0.3, 0.4) is 0 Å². The monoisotopic (exact) mass is 494 g/mol. The summed E-state index contributed by atoms with van der Waals surface area (Å²) in [5.41, 5.74) is 2.43. The van der Waals surface area contributed by atoms with Crippen LogP contribution < -0.4 is 10.6 Å². The molecule has 0 saturated carbocycles. The fraction of sp³-hybridized carbons (Fsp3) is 0.625. The van der Waals surface area contributed by atoms with Gasteiger partial charge in [-0.15, -0.1) is 35.3 Å². The number of rotatable bonds is 5. The SMILES string of the molecule is CCNC(=NCCNC(=O)c1scnc1C)N1CCN(C(C)=O)CC1.I. The lowest BCUT2D eigenvalue weighted by atomic mass is 10.3. The Bertz CT molecular complexity index is 628. The zero-order valence-corrected chi connectivity index (χ0v) is 18.6. The average molecular weight is 494 g/mol. The van der Waals surface area contributed by atoms with Gasteiger partial charge in [-0.1, -0.05) is 0 Å². The van der Waals surface area contributed by atoms with E-state index in [1.165, 1.54) is 11.3 Å². The number of nitrogens with zero attached hydrogens (tertiary/aromatic N) is 4. The Labute approximate surface area is 175 Å². The second-order valence-electron chi connectivity index (χ2n) is 5.75. The molecule has 26 heavy (non-hydrogen) atoms. The lowest BCUT2D eigenvalue weighted by molar-refractivity contribution is -0.130. The van der Waals surface area contributed by atoms with E-state index in [2.05, 4.69) is 25.5 Å². The van der Waals surface area contributed by atoms with E-state index in [0.29, 0.717) is 31.1 Å². The van der Waals surface area contributed by atoms with Gasteiger partial charge in [0.05, 0.1) is 17.7 Å². The number of hydrogen-bond acceptors (Lipinski definition) is 5. The van der Waals surface area contributed by atoms with Crippen LogP contribution in [0.15, 0.2) is 10.5 Å². The van der Waals surface area contributed by atoms with Crippen molar-refractivity contribution in [2.45, 2.75) is 20.8 Å². The molecule has 0 radical (unpaired) electrons. The summed E-state index contributed by atoms with van der Waals surface area (Å²) in [4.78, 5) is 36.8. The molecule has 0 unspecified atom stereocenters. The number of hydrogen-bond donors (Lipinski definition) is 2. The number of thiazole rings is 1. The number of aryl methyl sites for hydroxylation is 1. The number of piperazine rings is 1. The molecule has 0 aromatic carbocycles. The number of guanidine groups is 1. The highest BCUT2D eigenvalue weighted by Crippen LogP contribution is 2.11. The standard InChI is InChI=1S/C16H26N6O2S.HI/c1-4-17-16(22-9-7-21(8-10-22)13(3)23)19-6-5-18-15(24)14-12(2)20-11-25-14;/h11H,4-10H2,1-3H3,(H,17,19)(H,18,24);1H. The lowest BCUT2D eigenvalue weighted by Gasteiger charge is -2.36. The summed E-state index contributed by atoms with van der Waals surface area (Å²) in [6, 6.07) is 0. The molecule has 8 nitrogen and oxygen atoms in total. The molecule has 1 aliphatic heterocycles. The molecule has 1 fully saturated rings. The first-order valence-corrected chi connectivity index (χ1v) is 9.38. The van der Waals surface area contributed by atoms with Gasteiger partial charge < -0.3 is 20.4 Å². The van der Waals surface area contributed by atoms with Gasteiger partial charge in [0.25, 0.3) is 5.91 Å². The van der Waals surface area contributed by atoms with Crippen LogP contribution in [0, 0.1) is 6.92 Å². The molecule has 0 bridgehead atoms. The molecular formula is C16H27IN6O2S. The number of aromatic nitrogens is 1. The first-order chi connectivity index (χ1) is 12.0. The topological polar surface area (TPSA) is 89.9 Å². The fourth-order valence-electron chi connectivity index (χ4n) is 2.59. The van der Waals surface area contributed by atoms with Crippen LogP contribution in [0.1, 0.15) is 29.2 Å². The van der Waals surface area contributed by atoms with Gasteiger partial charge in [-0.05, 0) is 13.8 Å². The van der Waals surface area contributed by atoms with E-state index in [-0.39, 0.29) is 35.8 Å². The van der Waals surface area contributed by atoms with Crippen molar-refractivity contribution in [3.8, 4) is 0 Å². The van der Waals surface area contributed by atoms with E-state index in [9.17, 15) is 9.59 Å². The molecule has 10 heteroatoms. The number of amides is 2. The molecular weight excluding hydrogens is 467 g/mol. The molecule has 0 aliphatic carbocycles.